The molecular formula is C31H33N5O6. The SMILES string of the molecule is CCOC(=O)C[C@H](NC(=O)CN1CC(=O)N(C)c2ccc(NC(=O)NCc3ccccc3)cc2C1=O)c1ccccc1. The molecule has 0 saturated heterocycles. The van der Waals surface area contributed by atoms with Crippen molar-refractivity contribution >= 4 is 41.1 Å². The largest absolute Gasteiger partial charge is 0.466 e. The molecule has 1 aliphatic heterocycles. The van der Waals surface area contributed by atoms with Crippen LogP contribution in [0, 0.1) is 0 Å². The van der Waals surface area contributed by atoms with Gasteiger partial charge in [-0.25, -0.2) is 4.79 Å². The molecule has 0 saturated carbocycles. The molecule has 0 spiro atoms. The predicted octanol–water partition coefficient (Wildman–Crippen LogP) is 3.24. The van der Waals surface area contributed by atoms with Crippen LogP contribution in [0.5, 0.6) is 0 Å². The first-order valence-electron chi connectivity index (χ1n) is 13.5. The van der Waals surface area contributed by atoms with E-state index < -0.39 is 36.4 Å². The van der Waals surface area contributed by atoms with Gasteiger partial charge in [-0.3, -0.25) is 19.2 Å². The molecule has 1 atom stereocenters. The van der Waals surface area contributed by atoms with Crippen LogP contribution >= 0.6 is 0 Å². The molecule has 0 fully saturated rings. The normalized spacial score (nSPS) is 13.5. The first-order chi connectivity index (χ1) is 20.2. The third-order valence-corrected chi connectivity index (χ3v) is 6.68. The van der Waals surface area contributed by atoms with Crippen LogP contribution in [-0.2, 0) is 25.7 Å². The number of rotatable bonds is 10. The van der Waals surface area contributed by atoms with Crippen LogP contribution in [0.1, 0.15) is 40.9 Å². The monoisotopic (exact) mass is 571 g/mol. The summed E-state index contributed by atoms with van der Waals surface area (Å²) in [6.45, 7) is 1.47. The molecule has 11 heteroatoms. The molecule has 1 aliphatic rings. The van der Waals surface area contributed by atoms with Crippen molar-refractivity contribution in [2.75, 3.05) is 37.0 Å². The Balaban J connectivity index is 1.47. The molecule has 0 unspecified atom stereocenters. The fraction of sp³-hybridized carbons (Fsp3) is 0.258. The number of likely N-dealkylation sites (N-methyl/N-ethyl adjacent to an activating group) is 1. The van der Waals surface area contributed by atoms with Gasteiger partial charge in [-0.05, 0) is 36.2 Å². The molecule has 4 rings (SSSR count). The third-order valence-electron chi connectivity index (χ3n) is 6.68. The van der Waals surface area contributed by atoms with Gasteiger partial charge < -0.3 is 30.5 Å². The Kier molecular flexibility index (Phi) is 9.88. The average Bonchev–Trinajstić information content (AvgIpc) is 3.07. The number of hydrogen-bond acceptors (Lipinski definition) is 6. The zero-order valence-electron chi connectivity index (χ0n) is 23.5. The number of benzene rings is 3. The molecule has 0 bridgehead atoms. The maximum atomic E-state index is 13.6. The van der Waals surface area contributed by atoms with E-state index in [0.29, 0.717) is 23.5 Å². The highest BCUT2D eigenvalue weighted by atomic mass is 16.5. The number of esters is 1. The number of carbonyl (C=O) groups is 5. The lowest BCUT2D eigenvalue weighted by Gasteiger charge is -2.23. The Bertz CT molecular complexity index is 1450. The molecule has 0 aliphatic carbocycles. The van der Waals surface area contributed by atoms with Gasteiger partial charge in [-0.2, -0.15) is 0 Å². The highest BCUT2D eigenvalue weighted by molar-refractivity contribution is 6.11. The maximum Gasteiger partial charge on any atom is 0.319 e. The van der Waals surface area contributed by atoms with Gasteiger partial charge in [0.25, 0.3) is 5.91 Å². The summed E-state index contributed by atoms with van der Waals surface area (Å²) in [5, 5.41) is 8.27. The Labute approximate surface area is 243 Å². The minimum Gasteiger partial charge on any atom is -0.466 e. The van der Waals surface area contributed by atoms with Crippen LogP contribution in [0.15, 0.2) is 78.9 Å². The summed E-state index contributed by atoms with van der Waals surface area (Å²) < 4.78 is 5.06. The summed E-state index contributed by atoms with van der Waals surface area (Å²) in [6, 6.07) is 21.9. The summed E-state index contributed by atoms with van der Waals surface area (Å²) in [5.74, 6) is -1.96. The topological polar surface area (TPSA) is 137 Å². The summed E-state index contributed by atoms with van der Waals surface area (Å²) in [7, 11) is 1.54. The standard InChI is InChI=1S/C31H33N5O6/c1-3-42-29(39)17-25(22-12-8-5-9-13-22)34-27(37)19-36-20-28(38)35(2)26-15-14-23(16-24(26)30(36)40)33-31(41)32-18-21-10-6-4-7-11-21/h4-16,25H,3,17-20H2,1-2H3,(H,34,37)(H2,32,33,41)/t25-/m0/s1. The van der Waals surface area contributed by atoms with E-state index in [9.17, 15) is 24.0 Å². The molecule has 5 amide bonds. The van der Waals surface area contributed by atoms with Crippen molar-refractivity contribution in [1.82, 2.24) is 15.5 Å². The van der Waals surface area contributed by atoms with Gasteiger partial charge in [0.05, 0.1) is 30.3 Å². The predicted molar refractivity (Wildman–Crippen MR) is 157 cm³/mol. The summed E-state index contributed by atoms with van der Waals surface area (Å²) >= 11 is 0. The lowest BCUT2D eigenvalue weighted by atomic mass is 10.0. The van der Waals surface area contributed by atoms with Crippen LogP contribution in [0.3, 0.4) is 0 Å². The minimum absolute atomic E-state index is 0.0938. The number of urea groups is 1. The number of carbonyl (C=O) groups excluding carboxylic acids is 5. The Morgan fingerprint density at radius 1 is 0.952 bits per heavy atom. The van der Waals surface area contributed by atoms with Crippen molar-refractivity contribution in [3.63, 3.8) is 0 Å². The van der Waals surface area contributed by atoms with Gasteiger partial charge in [0.1, 0.15) is 13.1 Å². The summed E-state index contributed by atoms with van der Waals surface area (Å²) in [5.41, 5.74) is 2.48. The smallest absolute Gasteiger partial charge is 0.319 e. The van der Waals surface area contributed by atoms with E-state index in [-0.39, 0.29) is 31.0 Å². The molecule has 1 heterocycles. The van der Waals surface area contributed by atoms with Crippen LogP contribution in [0.25, 0.3) is 0 Å². The molecule has 3 aromatic rings. The molecule has 0 radical (unpaired) electrons. The second-order valence-corrected chi connectivity index (χ2v) is 9.68. The number of anilines is 2. The minimum atomic E-state index is -0.685. The highest BCUT2D eigenvalue weighted by Gasteiger charge is 2.32. The van der Waals surface area contributed by atoms with E-state index in [1.807, 2.05) is 36.4 Å². The first-order valence-corrected chi connectivity index (χ1v) is 13.5. The van der Waals surface area contributed by atoms with Crippen molar-refractivity contribution in [3.05, 3.63) is 95.6 Å². The number of nitrogens with one attached hydrogen (secondary N) is 3. The van der Waals surface area contributed by atoms with Crippen molar-refractivity contribution in [1.29, 1.82) is 0 Å². The van der Waals surface area contributed by atoms with E-state index >= 15 is 0 Å². The van der Waals surface area contributed by atoms with Crippen LogP contribution in [0.4, 0.5) is 16.2 Å². The number of nitrogens with zero attached hydrogens (tertiary/aromatic N) is 2. The third kappa shape index (κ3) is 7.72. The van der Waals surface area contributed by atoms with Crippen LogP contribution in [-0.4, -0.2) is 61.4 Å². The molecule has 11 nitrogen and oxygen atoms in total. The number of amides is 5. The summed E-state index contributed by atoms with van der Waals surface area (Å²) in [4.78, 5) is 66.9. The lowest BCUT2D eigenvalue weighted by molar-refractivity contribution is -0.143. The van der Waals surface area contributed by atoms with Crippen LogP contribution < -0.4 is 20.9 Å². The fourth-order valence-electron chi connectivity index (χ4n) is 4.54. The second kappa shape index (κ2) is 13.9. The van der Waals surface area contributed by atoms with E-state index in [1.165, 1.54) is 11.0 Å². The van der Waals surface area contributed by atoms with Crippen molar-refractivity contribution in [3.8, 4) is 0 Å². The molecular weight excluding hydrogens is 538 g/mol. The number of fused-ring (bicyclic) bond motifs is 1. The molecule has 0 aromatic heterocycles. The van der Waals surface area contributed by atoms with E-state index in [2.05, 4.69) is 16.0 Å². The second-order valence-electron chi connectivity index (χ2n) is 9.68. The maximum absolute atomic E-state index is 13.6. The van der Waals surface area contributed by atoms with Crippen LogP contribution in [0.2, 0.25) is 0 Å². The van der Waals surface area contributed by atoms with E-state index in [4.69, 9.17) is 4.74 Å². The van der Waals surface area contributed by atoms with Gasteiger partial charge in [0.2, 0.25) is 11.8 Å². The Morgan fingerprint density at radius 2 is 1.64 bits per heavy atom. The van der Waals surface area contributed by atoms with Crippen molar-refractivity contribution in [2.45, 2.75) is 25.9 Å². The lowest BCUT2D eigenvalue weighted by Crippen LogP contribution is -2.44. The molecule has 42 heavy (non-hydrogen) atoms. The van der Waals surface area contributed by atoms with Gasteiger partial charge >= 0.3 is 12.0 Å². The van der Waals surface area contributed by atoms with E-state index in [0.717, 1.165) is 10.5 Å². The Hall–Kier alpha value is -5.19. The van der Waals surface area contributed by atoms with Crippen molar-refractivity contribution in [2.24, 2.45) is 0 Å². The Morgan fingerprint density at radius 3 is 2.33 bits per heavy atom. The van der Waals surface area contributed by atoms with Gasteiger partial charge in [-0.15, -0.1) is 0 Å². The number of hydrogen-bond donors (Lipinski definition) is 3. The molecule has 3 N–H and O–H groups in total. The highest BCUT2D eigenvalue weighted by Crippen LogP contribution is 2.28. The summed E-state index contributed by atoms with van der Waals surface area (Å²) in [6.07, 6.45) is -0.0938. The molecule has 218 valence electrons. The quantitative estimate of drug-likeness (QED) is 0.320. The van der Waals surface area contributed by atoms with Crippen molar-refractivity contribution < 1.29 is 28.7 Å². The van der Waals surface area contributed by atoms with Gasteiger partial charge in [0.15, 0.2) is 0 Å². The zero-order chi connectivity index (χ0) is 30.1. The zero-order valence-corrected chi connectivity index (χ0v) is 23.5. The van der Waals surface area contributed by atoms with Gasteiger partial charge in [0, 0.05) is 19.3 Å². The first kappa shape index (κ1) is 29.8. The average molecular weight is 572 g/mol. The fourth-order valence-corrected chi connectivity index (χ4v) is 4.54. The van der Waals surface area contributed by atoms with E-state index in [1.54, 1.807) is 50.4 Å². The molecule has 3 aromatic carbocycles. The van der Waals surface area contributed by atoms with Gasteiger partial charge in [-0.1, -0.05) is 60.7 Å². The number of ether oxygens (including phenoxy) is 1.